The number of benzene rings is 2. The lowest BCUT2D eigenvalue weighted by Crippen LogP contribution is -2.31. The molecule has 7 heteroatoms. The van der Waals surface area contributed by atoms with Crippen LogP contribution in [0, 0.1) is 0 Å². The number of esters is 1. The quantitative estimate of drug-likeness (QED) is 0.372. The first-order valence-electron chi connectivity index (χ1n) is 9.13. The molecule has 1 heterocycles. The third-order valence-corrected chi connectivity index (χ3v) is 6.62. The molecule has 3 rings (SSSR count). The van der Waals surface area contributed by atoms with Crippen LogP contribution in [-0.2, 0) is 15.3 Å². The normalized spacial score (nSPS) is 11.3. The highest BCUT2D eigenvalue weighted by atomic mass is 32.2. The van der Waals surface area contributed by atoms with Crippen LogP contribution in [0.1, 0.15) is 12.0 Å². The van der Waals surface area contributed by atoms with Gasteiger partial charge in [-0.25, -0.2) is 4.98 Å². The van der Waals surface area contributed by atoms with Crippen molar-refractivity contribution in [2.24, 2.45) is 5.73 Å². The van der Waals surface area contributed by atoms with E-state index in [1.54, 1.807) is 34.9 Å². The summed E-state index contributed by atoms with van der Waals surface area (Å²) in [5.74, 6) is 1.54. The van der Waals surface area contributed by atoms with E-state index in [2.05, 4.69) is 58.3 Å². The first kappa shape index (κ1) is 23.5. The van der Waals surface area contributed by atoms with Crippen LogP contribution in [0.5, 0.6) is 0 Å². The number of carbonyl (C=O) groups is 1. The molecular weight excluding hydrogens is 420 g/mol. The van der Waals surface area contributed by atoms with Crippen LogP contribution >= 0.6 is 34.9 Å². The summed E-state index contributed by atoms with van der Waals surface area (Å²) < 4.78 is 5.57. The Morgan fingerprint density at radius 1 is 1.17 bits per heavy atom. The van der Waals surface area contributed by atoms with Crippen LogP contribution < -0.4 is 5.73 Å². The van der Waals surface area contributed by atoms with E-state index in [1.165, 1.54) is 23.8 Å². The zero-order chi connectivity index (χ0) is 20.9. The van der Waals surface area contributed by atoms with Gasteiger partial charge in [-0.2, -0.15) is 11.8 Å². The molecular formula is C22H26N2O2S3. The molecule has 0 aliphatic heterocycles. The molecule has 0 saturated heterocycles. The van der Waals surface area contributed by atoms with E-state index in [0.717, 1.165) is 15.8 Å². The van der Waals surface area contributed by atoms with Crippen LogP contribution in [0.15, 0.2) is 70.5 Å². The van der Waals surface area contributed by atoms with Crippen LogP contribution in [0.4, 0.5) is 0 Å². The summed E-state index contributed by atoms with van der Waals surface area (Å²) in [5.41, 5.74) is 9.30. The number of nitrogens with two attached hydrogens (primary N) is 1. The van der Waals surface area contributed by atoms with Gasteiger partial charge in [0.15, 0.2) is 0 Å². The maximum absolute atomic E-state index is 10.7. The number of rotatable bonds is 8. The molecule has 0 fully saturated rings. The lowest BCUT2D eigenvalue weighted by atomic mass is 10.0. The van der Waals surface area contributed by atoms with E-state index >= 15 is 0 Å². The van der Waals surface area contributed by atoms with Crippen LogP contribution in [0.25, 0.3) is 11.1 Å². The highest BCUT2D eigenvalue weighted by molar-refractivity contribution is 8.00. The van der Waals surface area contributed by atoms with E-state index in [9.17, 15) is 4.79 Å². The van der Waals surface area contributed by atoms with Gasteiger partial charge in [0.2, 0.25) is 0 Å². The fourth-order valence-corrected chi connectivity index (χ4v) is 4.48. The molecule has 0 aliphatic carbocycles. The summed E-state index contributed by atoms with van der Waals surface area (Å²) >= 11 is 5.16. The van der Waals surface area contributed by atoms with Crippen molar-refractivity contribution < 1.29 is 9.53 Å². The summed E-state index contributed by atoms with van der Waals surface area (Å²) in [6, 6.07) is 18.8. The van der Waals surface area contributed by atoms with Crippen molar-refractivity contribution in [1.29, 1.82) is 0 Å². The minimum atomic E-state index is -0.447. The van der Waals surface area contributed by atoms with Gasteiger partial charge in [-0.15, -0.1) is 11.3 Å². The van der Waals surface area contributed by atoms with E-state index < -0.39 is 6.04 Å². The second-order valence-corrected chi connectivity index (χ2v) is 9.17. The Morgan fingerprint density at radius 2 is 1.93 bits per heavy atom. The minimum Gasteiger partial charge on any atom is -0.468 e. The van der Waals surface area contributed by atoms with Crippen molar-refractivity contribution in [2.75, 3.05) is 19.1 Å². The van der Waals surface area contributed by atoms with Gasteiger partial charge in [0, 0.05) is 17.3 Å². The maximum atomic E-state index is 10.7. The third-order valence-electron chi connectivity index (χ3n) is 3.94. The second kappa shape index (κ2) is 13.4. The second-order valence-electron chi connectivity index (χ2n) is 6.06. The molecule has 1 atom stereocenters. The molecule has 0 radical (unpaired) electrons. The molecule has 0 aliphatic rings. The van der Waals surface area contributed by atoms with Gasteiger partial charge in [0.05, 0.1) is 7.11 Å². The molecule has 4 nitrogen and oxygen atoms in total. The van der Waals surface area contributed by atoms with Crippen molar-refractivity contribution in [1.82, 2.24) is 4.98 Å². The van der Waals surface area contributed by atoms with Crippen LogP contribution in [0.3, 0.4) is 0 Å². The number of ether oxygens (including phenoxy) is 1. The Labute approximate surface area is 185 Å². The molecule has 0 unspecified atom stereocenters. The number of aromatic nitrogens is 1. The van der Waals surface area contributed by atoms with Crippen molar-refractivity contribution in [3.63, 3.8) is 0 Å². The molecule has 29 heavy (non-hydrogen) atoms. The largest absolute Gasteiger partial charge is 0.468 e. The Hall–Kier alpha value is -1.80. The summed E-state index contributed by atoms with van der Waals surface area (Å²) in [7, 11) is 1.35. The summed E-state index contributed by atoms with van der Waals surface area (Å²) in [6.45, 7) is 0. The lowest BCUT2D eigenvalue weighted by Gasteiger charge is -2.06. The first-order valence-corrected chi connectivity index (χ1v) is 12.4. The van der Waals surface area contributed by atoms with E-state index in [1.807, 2.05) is 23.9 Å². The Morgan fingerprint density at radius 3 is 2.59 bits per heavy atom. The predicted octanol–water partition coefficient (Wildman–Crippen LogP) is 5.34. The van der Waals surface area contributed by atoms with Gasteiger partial charge in [0.1, 0.15) is 10.4 Å². The van der Waals surface area contributed by atoms with Crippen molar-refractivity contribution in [3.8, 4) is 11.1 Å². The summed E-state index contributed by atoms with van der Waals surface area (Å²) in [4.78, 5) is 15.0. The van der Waals surface area contributed by atoms with Gasteiger partial charge in [-0.05, 0) is 35.1 Å². The fraction of sp³-hybridized carbons (Fsp3) is 0.273. The molecule has 154 valence electrons. The van der Waals surface area contributed by atoms with Crippen molar-refractivity contribution in [3.05, 3.63) is 71.7 Å². The molecule has 2 N–H and O–H groups in total. The maximum Gasteiger partial charge on any atom is 0.322 e. The number of hydrogen-bond donors (Lipinski definition) is 1. The van der Waals surface area contributed by atoms with E-state index in [4.69, 9.17) is 5.73 Å². The number of nitrogens with zero attached hydrogens (tertiary/aromatic N) is 1. The molecule has 0 amide bonds. The number of thioether (sulfide) groups is 2. The molecule has 1 aromatic heterocycles. The predicted molar refractivity (Wildman–Crippen MR) is 127 cm³/mol. The van der Waals surface area contributed by atoms with Crippen LogP contribution in [-0.4, -0.2) is 36.1 Å². The first-order chi connectivity index (χ1) is 14.1. The zero-order valence-electron chi connectivity index (χ0n) is 16.6. The van der Waals surface area contributed by atoms with Crippen LogP contribution in [0.2, 0.25) is 0 Å². The van der Waals surface area contributed by atoms with Crippen molar-refractivity contribution >= 4 is 40.8 Å². The highest BCUT2D eigenvalue weighted by Gasteiger charge is 2.11. The molecule has 2 aromatic carbocycles. The zero-order valence-corrected chi connectivity index (χ0v) is 19.1. The van der Waals surface area contributed by atoms with Gasteiger partial charge < -0.3 is 10.5 Å². The number of methoxy groups -OCH3 is 1. The lowest BCUT2D eigenvalue weighted by molar-refractivity contribution is -0.142. The topological polar surface area (TPSA) is 65.2 Å². The summed E-state index contributed by atoms with van der Waals surface area (Å²) in [6.07, 6.45) is 4.52. The van der Waals surface area contributed by atoms with Gasteiger partial charge in [-0.1, -0.05) is 66.4 Å². The third kappa shape index (κ3) is 8.62. The van der Waals surface area contributed by atoms with E-state index in [0.29, 0.717) is 6.42 Å². The van der Waals surface area contributed by atoms with Gasteiger partial charge in [0.25, 0.3) is 0 Å². The van der Waals surface area contributed by atoms with Crippen molar-refractivity contribution in [2.45, 2.75) is 22.6 Å². The monoisotopic (exact) mass is 446 g/mol. The van der Waals surface area contributed by atoms with Gasteiger partial charge >= 0.3 is 5.97 Å². The Kier molecular flexibility index (Phi) is 10.9. The van der Waals surface area contributed by atoms with E-state index in [-0.39, 0.29) is 5.97 Å². The SMILES string of the molecule is COC(=O)[C@@H](N)CCSC.c1ccc(-c2cccc(CSc3nccs3)c2)cc1. The standard InChI is InChI=1S/C16H13NS2.C6H13NO2S/c1-2-6-14(7-3-1)15-8-4-5-13(11-15)12-19-16-17-9-10-18-16;1-9-6(8)5(7)3-4-10-2/h1-11H,12H2;5H,3-4,7H2,1-2H3/t;5-/m.0/s1. The molecule has 0 bridgehead atoms. The number of carbonyl (C=O) groups excluding carboxylic acids is 1. The van der Waals surface area contributed by atoms with Gasteiger partial charge in [-0.3, -0.25) is 4.79 Å². The summed E-state index contributed by atoms with van der Waals surface area (Å²) in [5, 5.41) is 2.02. The molecule has 0 saturated carbocycles. The number of thiazole rings is 1. The molecule has 0 spiro atoms. The Balaban J connectivity index is 0.000000257. The minimum absolute atomic E-state index is 0.325. The highest BCUT2D eigenvalue weighted by Crippen LogP contribution is 2.27. The average Bonchev–Trinajstić information content (AvgIpc) is 3.30. The average molecular weight is 447 g/mol. The molecule has 3 aromatic rings. The Bertz CT molecular complexity index is 842. The smallest absolute Gasteiger partial charge is 0.322 e. The number of hydrogen-bond acceptors (Lipinski definition) is 7. The fourth-order valence-electron chi connectivity index (χ4n) is 2.41.